The zero-order chi connectivity index (χ0) is 19.3. The number of hydrogen-bond donors (Lipinski definition) is 2. The van der Waals surface area contributed by atoms with Gasteiger partial charge in [0.1, 0.15) is 11.5 Å². The minimum Gasteiger partial charge on any atom is -0.507 e. The standard InChI is InChI=1S/C22H30O4/c1-5-6-7-8-16-12-19(23)21(20(24)13-16)18-11-14(2)9-10-17(18)15(3)22(25)26-4/h11-13,17-18,23-24H,3,5-10H2,1-2,4H3/t17-,18?/m0/s1. The zero-order valence-corrected chi connectivity index (χ0v) is 16.0. The molecule has 0 spiro atoms. The molecule has 1 aromatic carbocycles. The first-order valence-corrected chi connectivity index (χ1v) is 9.38. The number of aromatic hydroxyl groups is 2. The van der Waals surface area contributed by atoms with Crippen LogP contribution in [0.3, 0.4) is 0 Å². The van der Waals surface area contributed by atoms with Crippen LogP contribution >= 0.6 is 0 Å². The summed E-state index contributed by atoms with van der Waals surface area (Å²) in [6.45, 7) is 8.08. The average Bonchev–Trinajstić information content (AvgIpc) is 2.60. The first kappa shape index (κ1) is 20.1. The lowest BCUT2D eigenvalue weighted by atomic mass is 9.73. The van der Waals surface area contributed by atoms with Crippen molar-refractivity contribution in [2.45, 2.75) is 58.3 Å². The van der Waals surface area contributed by atoms with Crippen molar-refractivity contribution in [3.63, 3.8) is 0 Å². The molecule has 2 rings (SSSR count). The van der Waals surface area contributed by atoms with Crippen molar-refractivity contribution in [1.29, 1.82) is 0 Å². The number of ether oxygens (including phenoxy) is 1. The maximum Gasteiger partial charge on any atom is 0.333 e. The first-order chi connectivity index (χ1) is 12.4. The maximum atomic E-state index is 12.0. The number of benzene rings is 1. The Morgan fingerprint density at radius 1 is 1.27 bits per heavy atom. The molecule has 4 nitrogen and oxygen atoms in total. The Bertz CT molecular complexity index is 679. The predicted octanol–water partition coefficient (Wildman–Crippen LogP) is 5.00. The predicted molar refractivity (Wildman–Crippen MR) is 103 cm³/mol. The molecule has 4 heteroatoms. The SMILES string of the molecule is C=C(C(=O)OC)[C@@H]1CCC(C)=CC1c1c(O)cc(CCCCC)cc1O. The van der Waals surface area contributed by atoms with Crippen LogP contribution in [0, 0.1) is 5.92 Å². The van der Waals surface area contributed by atoms with E-state index in [4.69, 9.17) is 4.74 Å². The molecule has 1 unspecified atom stereocenters. The second-order valence-corrected chi connectivity index (χ2v) is 7.21. The quantitative estimate of drug-likeness (QED) is 0.311. The van der Waals surface area contributed by atoms with Gasteiger partial charge in [0.05, 0.1) is 7.11 Å². The number of phenols is 2. The maximum absolute atomic E-state index is 12.0. The van der Waals surface area contributed by atoms with Crippen molar-refractivity contribution < 1.29 is 19.7 Å². The van der Waals surface area contributed by atoms with Crippen LogP contribution in [-0.4, -0.2) is 23.3 Å². The zero-order valence-electron chi connectivity index (χ0n) is 16.0. The summed E-state index contributed by atoms with van der Waals surface area (Å²) >= 11 is 0. The van der Waals surface area contributed by atoms with E-state index >= 15 is 0 Å². The molecule has 0 bridgehead atoms. The van der Waals surface area contributed by atoms with Crippen molar-refractivity contribution in [2.75, 3.05) is 7.11 Å². The third-order valence-electron chi connectivity index (χ3n) is 5.24. The lowest BCUT2D eigenvalue weighted by Crippen LogP contribution is -2.23. The monoisotopic (exact) mass is 358 g/mol. The molecule has 0 amide bonds. The number of esters is 1. The van der Waals surface area contributed by atoms with Gasteiger partial charge in [0.25, 0.3) is 0 Å². The van der Waals surface area contributed by atoms with E-state index in [1.165, 1.54) is 12.7 Å². The molecule has 0 radical (unpaired) electrons. The van der Waals surface area contributed by atoms with Crippen molar-refractivity contribution in [1.82, 2.24) is 0 Å². The number of carbonyl (C=O) groups is 1. The number of rotatable bonds is 7. The highest BCUT2D eigenvalue weighted by Crippen LogP contribution is 2.46. The van der Waals surface area contributed by atoms with E-state index in [2.05, 4.69) is 13.5 Å². The van der Waals surface area contributed by atoms with E-state index in [0.717, 1.165) is 44.1 Å². The lowest BCUT2D eigenvalue weighted by molar-refractivity contribution is -0.136. The molecule has 0 saturated heterocycles. The third-order valence-corrected chi connectivity index (χ3v) is 5.24. The fourth-order valence-corrected chi connectivity index (χ4v) is 3.77. The summed E-state index contributed by atoms with van der Waals surface area (Å²) in [4.78, 5) is 12.0. The number of carbonyl (C=O) groups excluding carboxylic acids is 1. The summed E-state index contributed by atoms with van der Waals surface area (Å²) in [6, 6.07) is 3.47. The normalized spacial score (nSPS) is 19.7. The lowest BCUT2D eigenvalue weighted by Gasteiger charge is -2.31. The van der Waals surface area contributed by atoms with Crippen molar-refractivity contribution in [3.05, 3.63) is 47.1 Å². The van der Waals surface area contributed by atoms with Crippen LogP contribution in [-0.2, 0) is 16.0 Å². The van der Waals surface area contributed by atoms with Crippen molar-refractivity contribution in [2.24, 2.45) is 5.92 Å². The van der Waals surface area contributed by atoms with Gasteiger partial charge >= 0.3 is 5.97 Å². The fourth-order valence-electron chi connectivity index (χ4n) is 3.77. The van der Waals surface area contributed by atoms with Gasteiger partial charge in [-0.15, -0.1) is 0 Å². The number of hydrogen-bond acceptors (Lipinski definition) is 4. The van der Waals surface area contributed by atoms with E-state index in [0.29, 0.717) is 11.1 Å². The number of allylic oxidation sites excluding steroid dienone is 2. The van der Waals surface area contributed by atoms with Gasteiger partial charge in [-0.25, -0.2) is 4.79 Å². The van der Waals surface area contributed by atoms with Gasteiger partial charge in [-0.3, -0.25) is 0 Å². The molecule has 0 fully saturated rings. The molecule has 0 heterocycles. The van der Waals surface area contributed by atoms with Gasteiger partial charge < -0.3 is 14.9 Å². The summed E-state index contributed by atoms with van der Waals surface area (Å²) in [7, 11) is 1.34. The topological polar surface area (TPSA) is 66.8 Å². The van der Waals surface area contributed by atoms with Crippen LogP contribution in [0.1, 0.15) is 63.0 Å². The minimum absolute atomic E-state index is 0.0788. The molecule has 26 heavy (non-hydrogen) atoms. The van der Waals surface area contributed by atoms with Crippen LogP contribution in [0.25, 0.3) is 0 Å². The number of phenolic OH excluding ortho intramolecular Hbond substituents is 2. The fraction of sp³-hybridized carbons (Fsp3) is 0.500. The summed E-state index contributed by atoms with van der Waals surface area (Å²) < 4.78 is 4.83. The highest BCUT2D eigenvalue weighted by molar-refractivity contribution is 5.88. The van der Waals surface area contributed by atoms with E-state index in [9.17, 15) is 15.0 Å². The Labute approximate surface area is 156 Å². The second kappa shape index (κ2) is 8.93. The van der Waals surface area contributed by atoms with Crippen LogP contribution in [0.15, 0.2) is 35.9 Å². The summed E-state index contributed by atoms with van der Waals surface area (Å²) in [5, 5.41) is 21.3. The molecular formula is C22H30O4. The third kappa shape index (κ3) is 4.48. The number of unbranched alkanes of at least 4 members (excludes halogenated alkanes) is 2. The second-order valence-electron chi connectivity index (χ2n) is 7.21. The van der Waals surface area contributed by atoms with Gasteiger partial charge in [0.2, 0.25) is 0 Å². The highest BCUT2D eigenvalue weighted by Gasteiger charge is 2.33. The Morgan fingerprint density at radius 3 is 2.50 bits per heavy atom. The number of aryl methyl sites for hydroxylation is 1. The van der Waals surface area contributed by atoms with Crippen LogP contribution in [0.5, 0.6) is 11.5 Å². The molecule has 0 aliphatic heterocycles. The van der Waals surface area contributed by atoms with E-state index in [1.54, 1.807) is 12.1 Å². The highest BCUT2D eigenvalue weighted by atomic mass is 16.5. The van der Waals surface area contributed by atoms with E-state index < -0.39 is 5.97 Å². The van der Waals surface area contributed by atoms with Crippen LogP contribution in [0.2, 0.25) is 0 Å². The number of methoxy groups -OCH3 is 1. The minimum atomic E-state index is -0.442. The molecule has 0 saturated carbocycles. The largest absolute Gasteiger partial charge is 0.507 e. The smallest absolute Gasteiger partial charge is 0.333 e. The summed E-state index contributed by atoms with van der Waals surface area (Å²) in [5.74, 6) is -0.776. The van der Waals surface area contributed by atoms with Crippen molar-refractivity contribution >= 4 is 5.97 Å². The molecule has 2 N–H and O–H groups in total. The van der Waals surface area contributed by atoms with Gasteiger partial charge in [0.15, 0.2) is 0 Å². The molecule has 142 valence electrons. The van der Waals surface area contributed by atoms with Gasteiger partial charge in [0, 0.05) is 23.0 Å². The summed E-state index contributed by atoms with van der Waals surface area (Å²) in [5.41, 5.74) is 2.96. The molecule has 1 aliphatic rings. The Morgan fingerprint density at radius 2 is 1.92 bits per heavy atom. The van der Waals surface area contributed by atoms with E-state index in [-0.39, 0.29) is 23.3 Å². The Hall–Kier alpha value is -2.23. The van der Waals surface area contributed by atoms with Crippen LogP contribution in [0.4, 0.5) is 0 Å². The van der Waals surface area contributed by atoms with Gasteiger partial charge in [-0.1, -0.05) is 38.0 Å². The Balaban J connectivity index is 2.37. The van der Waals surface area contributed by atoms with E-state index in [1.807, 2.05) is 13.0 Å². The molecule has 2 atom stereocenters. The van der Waals surface area contributed by atoms with Crippen molar-refractivity contribution in [3.8, 4) is 11.5 Å². The molecule has 1 aromatic rings. The van der Waals surface area contributed by atoms with Gasteiger partial charge in [-0.2, -0.15) is 0 Å². The Kier molecular flexibility index (Phi) is 6.90. The summed E-state index contributed by atoms with van der Waals surface area (Å²) in [6.07, 6.45) is 7.71. The molecular weight excluding hydrogens is 328 g/mol. The van der Waals surface area contributed by atoms with Crippen LogP contribution < -0.4 is 0 Å². The molecule has 0 aromatic heterocycles. The average molecular weight is 358 g/mol. The van der Waals surface area contributed by atoms with Gasteiger partial charge in [-0.05, 0) is 50.3 Å². The first-order valence-electron chi connectivity index (χ1n) is 9.38. The molecule has 1 aliphatic carbocycles.